The Balaban J connectivity index is 1.92. The summed E-state index contributed by atoms with van der Waals surface area (Å²) in [6, 6.07) is 0.319. The summed E-state index contributed by atoms with van der Waals surface area (Å²) in [6.45, 7) is 2.79. The molecule has 1 saturated carbocycles. The molecule has 1 aliphatic heterocycles. The van der Waals surface area contributed by atoms with Gasteiger partial charge in [0.15, 0.2) is 0 Å². The van der Waals surface area contributed by atoms with E-state index in [2.05, 4.69) is 12.2 Å². The molecule has 2 aliphatic rings. The second-order valence-corrected chi connectivity index (χ2v) is 7.14. The van der Waals surface area contributed by atoms with E-state index in [0.717, 1.165) is 18.6 Å². The molecule has 0 bridgehead atoms. The fourth-order valence-electron chi connectivity index (χ4n) is 2.96. The minimum atomic E-state index is -0.184. The lowest BCUT2D eigenvalue weighted by Gasteiger charge is -2.34. The number of hydrogen-bond donors (Lipinski definition) is 2. The van der Waals surface area contributed by atoms with Crippen LogP contribution in [0.1, 0.15) is 45.4 Å². The van der Waals surface area contributed by atoms with Crippen LogP contribution in [0.4, 0.5) is 0 Å². The number of amides is 1. The Bertz CT molecular complexity index is 277. The third-order valence-corrected chi connectivity index (χ3v) is 5.75. The average molecular weight is 256 g/mol. The molecule has 0 aromatic carbocycles. The van der Waals surface area contributed by atoms with Gasteiger partial charge in [-0.15, -0.1) is 11.8 Å². The first-order valence-electron chi connectivity index (χ1n) is 6.81. The van der Waals surface area contributed by atoms with Crippen LogP contribution in [0.15, 0.2) is 0 Å². The highest BCUT2D eigenvalue weighted by Crippen LogP contribution is 2.38. The molecule has 3 nitrogen and oxygen atoms in total. The van der Waals surface area contributed by atoms with Crippen LogP contribution >= 0.6 is 11.8 Å². The van der Waals surface area contributed by atoms with E-state index in [-0.39, 0.29) is 10.7 Å². The number of carbonyl (C=O) groups is 1. The third kappa shape index (κ3) is 2.97. The Hall–Kier alpha value is -0.220. The van der Waals surface area contributed by atoms with E-state index in [9.17, 15) is 4.79 Å². The normalized spacial score (nSPS) is 38.0. The van der Waals surface area contributed by atoms with Gasteiger partial charge in [-0.25, -0.2) is 0 Å². The van der Waals surface area contributed by atoms with Crippen molar-refractivity contribution in [3.63, 3.8) is 0 Å². The number of carbonyl (C=O) groups excluding carboxylic acids is 1. The Morgan fingerprint density at radius 2 is 2.18 bits per heavy atom. The summed E-state index contributed by atoms with van der Waals surface area (Å²) < 4.78 is -0.184. The SMILES string of the molecule is CC1(C(=O)NC2CCCCC2CN)CCCS1. The Morgan fingerprint density at radius 3 is 2.82 bits per heavy atom. The van der Waals surface area contributed by atoms with Gasteiger partial charge in [0, 0.05) is 6.04 Å². The molecule has 4 heteroatoms. The van der Waals surface area contributed by atoms with Gasteiger partial charge >= 0.3 is 0 Å². The topological polar surface area (TPSA) is 55.1 Å². The van der Waals surface area contributed by atoms with E-state index in [0.29, 0.717) is 18.5 Å². The van der Waals surface area contributed by atoms with Crippen LogP contribution < -0.4 is 11.1 Å². The van der Waals surface area contributed by atoms with Crippen LogP contribution in [0, 0.1) is 5.92 Å². The van der Waals surface area contributed by atoms with Crippen molar-refractivity contribution in [3.8, 4) is 0 Å². The summed E-state index contributed by atoms with van der Waals surface area (Å²) in [5.74, 6) is 1.85. The van der Waals surface area contributed by atoms with Gasteiger partial charge in [-0.05, 0) is 50.8 Å². The van der Waals surface area contributed by atoms with Crippen LogP contribution in [0.2, 0.25) is 0 Å². The molecule has 0 spiro atoms. The van der Waals surface area contributed by atoms with Crippen molar-refractivity contribution in [3.05, 3.63) is 0 Å². The maximum atomic E-state index is 12.3. The van der Waals surface area contributed by atoms with Crippen molar-refractivity contribution < 1.29 is 4.79 Å². The number of hydrogen-bond acceptors (Lipinski definition) is 3. The third-order valence-electron chi connectivity index (χ3n) is 4.23. The van der Waals surface area contributed by atoms with Crippen molar-refractivity contribution in [2.75, 3.05) is 12.3 Å². The van der Waals surface area contributed by atoms with E-state index >= 15 is 0 Å². The molecule has 1 aliphatic carbocycles. The average Bonchev–Trinajstić information content (AvgIpc) is 2.78. The van der Waals surface area contributed by atoms with Gasteiger partial charge in [-0.3, -0.25) is 4.79 Å². The zero-order valence-electron chi connectivity index (χ0n) is 10.7. The fourth-order valence-corrected chi connectivity index (χ4v) is 4.18. The molecular weight excluding hydrogens is 232 g/mol. The Kier molecular flexibility index (Phi) is 4.36. The first kappa shape index (κ1) is 13.2. The summed E-state index contributed by atoms with van der Waals surface area (Å²) in [5.41, 5.74) is 5.80. The molecule has 1 amide bonds. The lowest BCUT2D eigenvalue weighted by Crippen LogP contribution is -2.50. The Morgan fingerprint density at radius 1 is 1.41 bits per heavy atom. The zero-order chi connectivity index (χ0) is 12.3. The first-order valence-corrected chi connectivity index (χ1v) is 7.79. The van der Waals surface area contributed by atoms with Crippen molar-refractivity contribution in [2.45, 2.75) is 56.2 Å². The summed E-state index contributed by atoms with van der Waals surface area (Å²) >= 11 is 1.81. The molecular formula is C13H24N2OS. The van der Waals surface area contributed by atoms with Gasteiger partial charge in [-0.2, -0.15) is 0 Å². The maximum absolute atomic E-state index is 12.3. The quantitative estimate of drug-likeness (QED) is 0.811. The monoisotopic (exact) mass is 256 g/mol. The molecule has 3 unspecified atom stereocenters. The zero-order valence-corrected chi connectivity index (χ0v) is 11.5. The maximum Gasteiger partial charge on any atom is 0.236 e. The number of thioether (sulfide) groups is 1. The molecule has 98 valence electrons. The second-order valence-electron chi connectivity index (χ2n) is 5.54. The largest absolute Gasteiger partial charge is 0.352 e. The summed E-state index contributed by atoms with van der Waals surface area (Å²) in [7, 11) is 0. The first-order chi connectivity index (χ1) is 8.15. The summed E-state index contributed by atoms with van der Waals surface area (Å²) in [4.78, 5) is 12.3. The summed E-state index contributed by atoms with van der Waals surface area (Å²) in [6.07, 6.45) is 6.95. The standard InChI is InChI=1S/C13H24N2OS/c1-13(7-4-8-17-13)12(16)15-11-6-3-2-5-10(11)9-14/h10-11H,2-9,14H2,1H3,(H,15,16). The number of rotatable bonds is 3. The molecule has 0 aromatic heterocycles. The van der Waals surface area contributed by atoms with E-state index in [4.69, 9.17) is 5.73 Å². The van der Waals surface area contributed by atoms with E-state index in [1.807, 2.05) is 0 Å². The molecule has 2 rings (SSSR count). The van der Waals surface area contributed by atoms with E-state index in [1.54, 1.807) is 11.8 Å². The highest BCUT2D eigenvalue weighted by Gasteiger charge is 2.39. The molecule has 1 saturated heterocycles. The van der Waals surface area contributed by atoms with E-state index in [1.165, 1.54) is 25.7 Å². The molecule has 17 heavy (non-hydrogen) atoms. The van der Waals surface area contributed by atoms with E-state index < -0.39 is 0 Å². The highest BCUT2D eigenvalue weighted by atomic mass is 32.2. The van der Waals surface area contributed by atoms with Gasteiger partial charge in [-0.1, -0.05) is 12.8 Å². The minimum absolute atomic E-state index is 0.184. The van der Waals surface area contributed by atoms with Gasteiger partial charge in [0.1, 0.15) is 0 Å². The Labute approximate surface area is 108 Å². The molecule has 3 atom stereocenters. The van der Waals surface area contributed by atoms with Gasteiger partial charge < -0.3 is 11.1 Å². The van der Waals surface area contributed by atoms with Crippen molar-refractivity contribution in [1.82, 2.24) is 5.32 Å². The molecule has 0 aromatic rings. The lowest BCUT2D eigenvalue weighted by molar-refractivity contribution is -0.124. The van der Waals surface area contributed by atoms with Crippen LogP contribution in [0.5, 0.6) is 0 Å². The molecule has 3 N–H and O–H groups in total. The van der Waals surface area contributed by atoms with Crippen LogP contribution in [-0.4, -0.2) is 29.0 Å². The number of nitrogens with two attached hydrogens (primary N) is 1. The van der Waals surface area contributed by atoms with Crippen molar-refractivity contribution in [2.24, 2.45) is 11.7 Å². The van der Waals surface area contributed by atoms with Gasteiger partial charge in [0.05, 0.1) is 4.75 Å². The van der Waals surface area contributed by atoms with Crippen molar-refractivity contribution >= 4 is 17.7 Å². The lowest BCUT2D eigenvalue weighted by atomic mass is 9.84. The number of nitrogens with one attached hydrogen (secondary N) is 1. The van der Waals surface area contributed by atoms with Crippen LogP contribution in [0.25, 0.3) is 0 Å². The van der Waals surface area contributed by atoms with Crippen molar-refractivity contribution in [1.29, 1.82) is 0 Å². The minimum Gasteiger partial charge on any atom is -0.352 e. The fraction of sp³-hybridized carbons (Fsp3) is 0.923. The van der Waals surface area contributed by atoms with Crippen LogP contribution in [-0.2, 0) is 4.79 Å². The smallest absolute Gasteiger partial charge is 0.236 e. The van der Waals surface area contributed by atoms with Crippen LogP contribution in [0.3, 0.4) is 0 Å². The molecule has 1 heterocycles. The second kappa shape index (κ2) is 5.61. The highest BCUT2D eigenvalue weighted by molar-refractivity contribution is 8.01. The summed E-state index contributed by atoms with van der Waals surface area (Å²) in [5, 5.41) is 3.26. The van der Waals surface area contributed by atoms with Gasteiger partial charge in [0.25, 0.3) is 0 Å². The van der Waals surface area contributed by atoms with Gasteiger partial charge in [0.2, 0.25) is 5.91 Å². The molecule has 2 fully saturated rings. The molecule has 0 radical (unpaired) electrons. The predicted molar refractivity (Wildman–Crippen MR) is 73.0 cm³/mol. The predicted octanol–water partition coefficient (Wildman–Crippen LogP) is 1.91.